The Labute approximate surface area is 101 Å². The molecule has 4 unspecified atom stereocenters. The van der Waals surface area contributed by atoms with Crippen LogP contribution in [0, 0.1) is 0 Å². The van der Waals surface area contributed by atoms with Crippen molar-refractivity contribution in [3.63, 3.8) is 0 Å². The second-order valence-electron chi connectivity index (χ2n) is 5.03. The third kappa shape index (κ3) is 3.40. The molecule has 1 aliphatic carbocycles. The fourth-order valence-electron chi connectivity index (χ4n) is 2.67. The summed E-state index contributed by atoms with van der Waals surface area (Å²) in [5.41, 5.74) is 0. The highest BCUT2D eigenvalue weighted by Gasteiger charge is 2.31. The molecule has 0 amide bonds. The van der Waals surface area contributed by atoms with E-state index in [4.69, 9.17) is 9.84 Å². The van der Waals surface area contributed by atoms with Crippen molar-refractivity contribution < 1.29 is 19.7 Å². The van der Waals surface area contributed by atoms with Gasteiger partial charge in [-0.15, -0.1) is 0 Å². The Hall–Kier alpha value is -0.650. The molecule has 5 nitrogen and oxygen atoms in total. The molecule has 4 atom stereocenters. The van der Waals surface area contributed by atoms with E-state index in [9.17, 15) is 9.90 Å². The Morgan fingerprint density at radius 1 is 1.24 bits per heavy atom. The molecule has 2 fully saturated rings. The Balaban J connectivity index is 1.70. The number of hydrogen-bond donors (Lipinski definition) is 3. The highest BCUT2D eigenvalue weighted by molar-refractivity contribution is 5.72. The van der Waals surface area contributed by atoms with E-state index < -0.39 is 12.1 Å². The number of carbonyl (C=O) groups is 1. The zero-order chi connectivity index (χ0) is 12.3. The summed E-state index contributed by atoms with van der Waals surface area (Å²) < 4.78 is 5.41. The van der Waals surface area contributed by atoms with Crippen molar-refractivity contribution >= 4 is 5.97 Å². The highest BCUT2D eigenvalue weighted by atomic mass is 16.5. The van der Waals surface area contributed by atoms with Gasteiger partial charge in [-0.2, -0.15) is 0 Å². The Kier molecular flexibility index (Phi) is 4.36. The van der Waals surface area contributed by atoms with Crippen molar-refractivity contribution in [3.05, 3.63) is 0 Å². The minimum atomic E-state index is -0.870. The first-order valence-electron chi connectivity index (χ1n) is 6.46. The lowest BCUT2D eigenvalue weighted by molar-refractivity contribution is -0.149. The van der Waals surface area contributed by atoms with Gasteiger partial charge in [0.15, 0.2) is 6.10 Å². The summed E-state index contributed by atoms with van der Waals surface area (Å²) in [4.78, 5) is 10.7. The van der Waals surface area contributed by atoms with Gasteiger partial charge in [0.05, 0.1) is 12.2 Å². The summed E-state index contributed by atoms with van der Waals surface area (Å²) in [6.07, 6.45) is 4.56. The molecule has 1 aliphatic heterocycles. The van der Waals surface area contributed by atoms with Gasteiger partial charge in [-0.05, 0) is 25.7 Å². The number of hydrogen-bond acceptors (Lipinski definition) is 4. The van der Waals surface area contributed by atoms with Crippen molar-refractivity contribution in [2.75, 3.05) is 6.54 Å². The van der Waals surface area contributed by atoms with Crippen LogP contribution < -0.4 is 5.32 Å². The number of rotatable bonds is 4. The second kappa shape index (κ2) is 5.80. The molecule has 0 aromatic rings. The first-order chi connectivity index (χ1) is 8.16. The number of carboxylic acids is 1. The smallest absolute Gasteiger partial charge is 0.332 e. The highest BCUT2D eigenvalue weighted by Crippen LogP contribution is 2.21. The average Bonchev–Trinajstić information content (AvgIpc) is 2.77. The topological polar surface area (TPSA) is 78.8 Å². The number of aliphatic hydroxyl groups is 1. The maximum atomic E-state index is 10.7. The van der Waals surface area contributed by atoms with Crippen LogP contribution >= 0.6 is 0 Å². The first-order valence-corrected chi connectivity index (χ1v) is 6.46. The minimum Gasteiger partial charge on any atom is -0.479 e. The third-order valence-corrected chi connectivity index (χ3v) is 3.72. The molecule has 1 saturated heterocycles. The van der Waals surface area contributed by atoms with Crippen molar-refractivity contribution in [2.45, 2.75) is 62.9 Å². The van der Waals surface area contributed by atoms with E-state index in [1.807, 2.05) is 0 Å². The lowest BCUT2D eigenvalue weighted by Gasteiger charge is -2.29. The first kappa shape index (κ1) is 12.8. The van der Waals surface area contributed by atoms with Crippen LogP contribution in [0.3, 0.4) is 0 Å². The molecule has 98 valence electrons. The number of nitrogens with one attached hydrogen (secondary N) is 1. The van der Waals surface area contributed by atoms with Crippen molar-refractivity contribution in [1.82, 2.24) is 5.32 Å². The molecular formula is C12H21NO4. The van der Waals surface area contributed by atoms with Crippen LogP contribution in [0.15, 0.2) is 0 Å². The predicted octanol–water partition coefficient (Wildman–Crippen LogP) is 0.512. The quantitative estimate of drug-likeness (QED) is 0.670. The number of aliphatic carboxylic acids is 1. The third-order valence-electron chi connectivity index (χ3n) is 3.72. The summed E-state index contributed by atoms with van der Waals surface area (Å²) in [6, 6.07) is 0.149. The van der Waals surface area contributed by atoms with Crippen LogP contribution in [-0.4, -0.2) is 47.1 Å². The number of aliphatic hydroxyl groups excluding tert-OH is 1. The lowest BCUT2D eigenvalue weighted by atomic mass is 9.92. The predicted molar refractivity (Wildman–Crippen MR) is 61.8 cm³/mol. The van der Waals surface area contributed by atoms with Gasteiger partial charge in [-0.1, -0.05) is 12.8 Å². The maximum absolute atomic E-state index is 10.7. The maximum Gasteiger partial charge on any atom is 0.332 e. The Morgan fingerprint density at radius 2 is 2.00 bits per heavy atom. The van der Waals surface area contributed by atoms with E-state index in [2.05, 4.69) is 5.32 Å². The van der Waals surface area contributed by atoms with E-state index >= 15 is 0 Å². The molecular weight excluding hydrogens is 222 g/mol. The van der Waals surface area contributed by atoms with Gasteiger partial charge in [0, 0.05) is 12.6 Å². The normalized spacial score (nSPS) is 38.2. The van der Waals surface area contributed by atoms with Gasteiger partial charge in [0.25, 0.3) is 0 Å². The summed E-state index contributed by atoms with van der Waals surface area (Å²) in [7, 11) is 0. The molecule has 0 aromatic heterocycles. The van der Waals surface area contributed by atoms with Crippen LogP contribution in [0.4, 0.5) is 0 Å². The van der Waals surface area contributed by atoms with Crippen LogP contribution in [0.25, 0.3) is 0 Å². The van der Waals surface area contributed by atoms with Gasteiger partial charge < -0.3 is 20.3 Å². The summed E-state index contributed by atoms with van der Waals surface area (Å²) >= 11 is 0. The molecule has 0 bridgehead atoms. The van der Waals surface area contributed by atoms with Gasteiger partial charge in [0.1, 0.15) is 0 Å². The molecule has 0 radical (unpaired) electrons. The van der Waals surface area contributed by atoms with Gasteiger partial charge in [0.2, 0.25) is 0 Å². The monoisotopic (exact) mass is 243 g/mol. The second-order valence-corrected chi connectivity index (χ2v) is 5.03. The van der Waals surface area contributed by atoms with Crippen molar-refractivity contribution in [2.24, 2.45) is 0 Å². The van der Waals surface area contributed by atoms with Crippen LogP contribution in [-0.2, 0) is 9.53 Å². The largest absolute Gasteiger partial charge is 0.479 e. The molecule has 1 saturated carbocycles. The van der Waals surface area contributed by atoms with E-state index in [0.29, 0.717) is 13.0 Å². The Bertz CT molecular complexity index is 271. The fraction of sp³-hybridized carbons (Fsp3) is 0.917. The molecule has 17 heavy (non-hydrogen) atoms. The molecule has 5 heteroatoms. The lowest BCUT2D eigenvalue weighted by Crippen LogP contribution is -2.45. The summed E-state index contributed by atoms with van der Waals surface area (Å²) in [5, 5.41) is 21.9. The number of carboxylic acid groups (broad SMARTS) is 1. The summed E-state index contributed by atoms with van der Waals surface area (Å²) in [5.74, 6) is -0.870. The van der Waals surface area contributed by atoms with Crippen molar-refractivity contribution in [3.8, 4) is 0 Å². The van der Waals surface area contributed by atoms with Crippen LogP contribution in [0.1, 0.15) is 38.5 Å². The molecule has 3 N–H and O–H groups in total. The fourth-order valence-corrected chi connectivity index (χ4v) is 2.67. The Morgan fingerprint density at radius 3 is 2.65 bits per heavy atom. The van der Waals surface area contributed by atoms with E-state index in [-0.39, 0.29) is 18.2 Å². The van der Waals surface area contributed by atoms with Gasteiger partial charge >= 0.3 is 5.97 Å². The SMILES string of the molecule is O=C(O)C1CCC(CNC2CCCCC2O)O1. The molecule has 0 aromatic carbocycles. The van der Waals surface area contributed by atoms with E-state index in [1.54, 1.807) is 0 Å². The van der Waals surface area contributed by atoms with E-state index in [0.717, 1.165) is 32.1 Å². The standard InChI is InChI=1S/C12H21NO4/c14-10-4-2-1-3-9(10)13-7-8-5-6-11(17-8)12(15)16/h8-11,13-14H,1-7H2,(H,15,16). The molecule has 2 rings (SSSR count). The molecule has 2 aliphatic rings. The number of ether oxygens (including phenoxy) is 1. The van der Waals surface area contributed by atoms with Crippen LogP contribution in [0.2, 0.25) is 0 Å². The van der Waals surface area contributed by atoms with Crippen LogP contribution in [0.5, 0.6) is 0 Å². The molecule has 0 spiro atoms. The zero-order valence-corrected chi connectivity index (χ0v) is 9.97. The molecule has 1 heterocycles. The van der Waals surface area contributed by atoms with Gasteiger partial charge in [-0.25, -0.2) is 4.79 Å². The average molecular weight is 243 g/mol. The summed E-state index contributed by atoms with van der Waals surface area (Å²) in [6.45, 7) is 0.644. The van der Waals surface area contributed by atoms with E-state index in [1.165, 1.54) is 0 Å². The minimum absolute atomic E-state index is 0.0229. The van der Waals surface area contributed by atoms with Gasteiger partial charge in [-0.3, -0.25) is 0 Å². The zero-order valence-electron chi connectivity index (χ0n) is 9.97. The van der Waals surface area contributed by atoms with Crippen molar-refractivity contribution in [1.29, 1.82) is 0 Å².